The van der Waals surface area contributed by atoms with E-state index in [0.29, 0.717) is 18.3 Å². The number of benzene rings is 10. The van der Waals surface area contributed by atoms with E-state index in [1.165, 1.54) is 115 Å². The molecule has 1 fully saturated rings. The molecule has 0 aliphatic heterocycles. The van der Waals surface area contributed by atoms with E-state index < -0.39 is 0 Å². The molecule has 2 atom stereocenters. The first-order valence-electron chi connectivity index (χ1n) is 19.8. The van der Waals surface area contributed by atoms with Crippen LogP contribution in [-0.4, -0.2) is 13.1 Å². The third-order valence-corrected chi connectivity index (χ3v) is 16.5. The molecule has 0 aromatic heterocycles. The molecular weight excluding hydrogens is 657 g/mol. The number of carbonyl (C=O) groups excluding carboxylic acids is 1. The zero-order chi connectivity index (χ0) is 34.2. The number of methoxy groups -OCH3 is 1. The molecule has 16 aromatic carbocycles. The van der Waals surface area contributed by atoms with E-state index >= 15 is 0 Å². The second kappa shape index (κ2) is 6.94. The summed E-state index contributed by atoms with van der Waals surface area (Å²) in [4.78, 5) is 12.6. The third-order valence-electron chi connectivity index (χ3n) is 16.5. The Morgan fingerprint density at radius 3 is 1.17 bits per heavy atom. The number of hydrogen-bond acceptors (Lipinski definition) is 2. The minimum atomic E-state index is -0.107. The summed E-state index contributed by atoms with van der Waals surface area (Å²) < 4.78 is 5.20. The van der Waals surface area contributed by atoms with Gasteiger partial charge in [-0.3, -0.25) is 4.79 Å². The van der Waals surface area contributed by atoms with Gasteiger partial charge in [-0.1, -0.05) is 78.9 Å². The van der Waals surface area contributed by atoms with Crippen LogP contribution < -0.4 is 0 Å². The highest BCUT2D eigenvalue weighted by Crippen LogP contribution is 2.80. The normalized spacial score (nSPS) is 21.1. The molecule has 0 saturated heterocycles. The molecule has 2 nitrogen and oxygen atoms in total. The topological polar surface area (TPSA) is 26.3 Å². The van der Waals surface area contributed by atoms with Crippen molar-refractivity contribution in [3.05, 3.63) is 95.6 Å². The average molecular weight is 681 g/mol. The number of fused-ring (bicyclic) bond motifs is 8. The second-order valence-electron chi connectivity index (χ2n) is 17.8. The quantitative estimate of drug-likeness (QED) is 0.134. The van der Waals surface area contributed by atoms with Gasteiger partial charge in [-0.25, -0.2) is 0 Å². The maximum Gasteiger partial charge on any atom is 0.305 e. The van der Waals surface area contributed by atoms with Crippen LogP contribution in [0.5, 0.6) is 0 Å². The van der Waals surface area contributed by atoms with Crippen LogP contribution in [0.3, 0.4) is 0 Å². The van der Waals surface area contributed by atoms with Gasteiger partial charge in [-0.05, 0) is 180 Å². The van der Waals surface area contributed by atoms with E-state index in [0.717, 1.165) is 12.8 Å². The number of esters is 1. The van der Waals surface area contributed by atoms with Crippen LogP contribution in [0.1, 0.15) is 47.8 Å². The summed E-state index contributed by atoms with van der Waals surface area (Å²) in [7, 11) is 1.53. The fraction of sp³-hybridized carbons (Fsp3) is 0.135. The Bertz CT molecular complexity index is 4020. The monoisotopic (exact) mass is 680 g/mol. The maximum absolute atomic E-state index is 12.6. The smallest absolute Gasteiger partial charge is 0.305 e. The summed E-state index contributed by atoms with van der Waals surface area (Å²) in [6.45, 7) is 0. The van der Waals surface area contributed by atoms with Crippen molar-refractivity contribution < 1.29 is 9.53 Å². The molecule has 2 heteroatoms. The summed E-state index contributed by atoms with van der Waals surface area (Å²) in [6, 6.07) is 31.3. The molecule has 2 aliphatic carbocycles. The van der Waals surface area contributed by atoms with Crippen molar-refractivity contribution in [1.29, 1.82) is 0 Å². The van der Waals surface area contributed by atoms with Crippen molar-refractivity contribution in [2.45, 2.75) is 36.5 Å². The number of carbonyl (C=O) groups is 1. The van der Waals surface area contributed by atoms with Crippen LogP contribution in [-0.2, 0) is 14.9 Å². The Kier molecular flexibility index (Phi) is 3.20. The van der Waals surface area contributed by atoms with Gasteiger partial charge in [0.2, 0.25) is 0 Å². The average Bonchev–Trinajstić information content (AvgIpc) is 3.81. The van der Waals surface area contributed by atoms with E-state index in [4.69, 9.17) is 4.74 Å². The molecule has 0 radical (unpaired) electrons. The fourth-order valence-electron chi connectivity index (χ4n) is 15.2. The number of ether oxygens (including phenoxy) is 1. The minimum absolute atomic E-state index is 0.0986. The lowest BCUT2D eigenvalue weighted by Gasteiger charge is -2.19. The summed E-state index contributed by atoms with van der Waals surface area (Å²) in [6.07, 6.45) is 2.23. The largest absolute Gasteiger partial charge is 0.469 e. The molecule has 0 spiro atoms. The lowest BCUT2D eigenvalue weighted by Crippen LogP contribution is -2.13. The van der Waals surface area contributed by atoms with Crippen LogP contribution >= 0.6 is 0 Å². The first kappa shape index (κ1) is 24.9. The summed E-state index contributed by atoms with van der Waals surface area (Å²) in [5, 5.41) is 42.2. The van der Waals surface area contributed by atoms with Crippen LogP contribution in [0.2, 0.25) is 0 Å². The van der Waals surface area contributed by atoms with Gasteiger partial charge in [-0.15, -0.1) is 0 Å². The molecule has 18 rings (SSSR count). The maximum atomic E-state index is 12.6. The third kappa shape index (κ3) is 1.91. The van der Waals surface area contributed by atoms with Crippen LogP contribution in [0.4, 0.5) is 0 Å². The van der Waals surface area contributed by atoms with Crippen LogP contribution in [0.15, 0.2) is 78.9 Å². The Morgan fingerprint density at radius 2 is 0.778 bits per heavy atom. The van der Waals surface area contributed by atoms with E-state index in [1.807, 2.05) is 0 Å². The fourth-order valence-corrected chi connectivity index (χ4v) is 15.2. The zero-order valence-corrected chi connectivity index (χ0v) is 29.1. The predicted octanol–water partition coefficient (Wildman–Crippen LogP) is 13.6. The first-order chi connectivity index (χ1) is 26.7. The molecule has 244 valence electrons. The van der Waals surface area contributed by atoms with Gasteiger partial charge in [0.1, 0.15) is 0 Å². The van der Waals surface area contributed by atoms with Crippen LogP contribution in [0.25, 0.3) is 151 Å². The molecule has 54 heavy (non-hydrogen) atoms. The van der Waals surface area contributed by atoms with E-state index in [9.17, 15) is 4.79 Å². The van der Waals surface area contributed by atoms with Crippen molar-refractivity contribution in [2.24, 2.45) is 0 Å². The highest BCUT2D eigenvalue weighted by molar-refractivity contribution is 6.69. The standard InChI is InChI=1S/C52H24O2/c1-54-27(53)8-5-17-52(18-6-3-2-4-7-18)50-36-25-15-13-23-21-11-9-19-20-10-12-22-24-14-16-26-35-33(24)40-31(22)29(20)38-28(19)30(21)39-32(23)34(25)41-43(36)44(37(26)51(50)52)42(35)49-47(40)45(38)46(39)48(41)49/h2-4,6-7,9-16,50-51H,5,8,17H2,1H3. The SMILES string of the molecule is COC(=O)CCCC1(c2ccccc2)C2c3c4ccc5c6ccc7c8ccc9c%10ccc%11c(c%12c3c3c4c5c4c6c7c5c8c9c6c%10c%11c%12c7c3c4c5c67)C21. The van der Waals surface area contributed by atoms with Gasteiger partial charge in [-0.2, -0.15) is 0 Å². The molecule has 0 amide bonds. The van der Waals surface area contributed by atoms with Gasteiger partial charge in [0, 0.05) is 23.7 Å². The molecule has 0 heterocycles. The predicted molar refractivity (Wildman–Crippen MR) is 225 cm³/mol. The van der Waals surface area contributed by atoms with E-state index in [-0.39, 0.29) is 11.4 Å². The van der Waals surface area contributed by atoms with Gasteiger partial charge >= 0.3 is 5.97 Å². The van der Waals surface area contributed by atoms with Crippen molar-refractivity contribution in [3.8, 4) is 0 Å². The van der Waals surface area contributed by atoms with Crippen molar-refractivity contribution in [1.82, 2.24) is 0 Å². The Balaban J connectivity index is 1.19. The van der Waals surface area contributed by atoms with Crippen molar-refractivity contribution >= 4 is 157 Å². The summed E-state index contributed by atoms with van der Waals surface area (Å²) >= 11 is 0. The molecule has 0 bridgehead atoms. The molecule has 2 unspecified atom stereocenters. The molecule has 2 aliphatic rings. The van der Waals surface area contributed by atoms with Gasteiger partial charge in [0.05, 0.1) is 7.11 Å². The minimum Gasteiger partial charge on any atom is -0.469 e. The van der Waals surface area contributed by atoms with Gasteiger partial charge in [0.25, 0.3) is 0 Å². The zero-order valence-electron chi connectivity index (χ0n) is 29.1. The lowest BCUT2D eigenvalue weighted by molar-refractivity contribution is -0.140. The second-order valence-corrected chi connectivity index (χ2v) is 17.8. The van der Waals surface area contributed by atoms with E-state index in [1.54, 1.807) is 59.6 Å². The highest BCUT2D eigenvalue weighted by atomic mass is 16.5. The Hall–Kier alpha value is -6.25. The van der Waals surface area contributed by atoms with Gasteiger partial charge < -0.3 is 4.74 Å². The first-order valence-corrected chi connectivity index (χ1v) is 19.8. The van der Waals surface area contributed by atoms with Crippen molar-refractivity contribution in [2.75, 3.05) is 7.11 Å². The number of rotatable bonds is 5. The van der Waals surface area contributed by atoms with Crippen molar-refractivity contribution in [3.63, 3.8) is 0 Å². The Labute approximate surface area is 304 Å². The summed E-state index contributed by atoms with van der Waals surface area (Å²) in [5.74, 6) is 0.592. The van der Waals surface area contributed by atoms with E-state index in [2.05, 4.69) is 78.9 Å². The molecule has 0 N–H and O–H groups in total. The van der Waals surface area contributed by atoms with Crippen LogP contribution in [0, 0.1) is 0 Å². The highest BCUT2D eigenvalue weighted by Gasteiger charge is 2.69. The molecular formula is C52H24O2. The summed E-state index contributed by atoms with van der Waals surface area (Å²) in [5.41, 5.74) is 4.51. The van der Waals surface area contributed by atoms with Gasteiger partial charge in [0.15, 0.2) is 0 Å². The molecule has 16 aromatic rings. The Morgan fingerprint density at radius 1 is 0.444 bits per heavy atom. The number of hydrogen-bond donors (Lipinski definition) is 0. The molecule has 1 saturated carbocycles. The lowest BCUT2D eigenvalue weighted by atomic mass is 9.84.